The molecule has 1 aromatic carbocycles. The standard InChI is InChI=1S/C7H8BFO2/c1-11-7-3-2-5(9)4-6(7)8-10/h2-4,8,10H,1H3. The molecule has 0 heterocycles. The van der Waals surface area contributed by atoms with E-state index in [-0.39, 0.29) is 13.3 Å². The highest BCUT2D eigenvalue weighted by molar-refractivity contribution is 6.46. The monoisotopic (exact) mass is 154 g/mol. The van der Waals surface area contributed by atoms with Gasteiger partial charge in [-0.2, -0.15) is 0 Å². The van der Waals surface area contributed by atoms with Crippen LogP contribution >= 0.6 is 0 Å². The first kappa shape index (κ1) is 8.08. The molecule has 1 rings (SSSR count). The third-order valence-corrected chi connectivity index (χ3v) is 1.41. The van der Waals surface area contributed by atoms with Crippen LogP contribution in [0.4, 0.5) is 4.39 Å². The highest BCUT2D eigenvalue weighted by Gasteiger charge is 2.03. The predicted molar refractivity (Wildman–Crippen MR) is 42.0 cm³/mol. The lowest BCUT2D eigenvalue weighted by atomic mass is 9.88. The summed E-state index contributed by atoms with van der Waals surface area (Å²) in [5, 5.41) is 8.73. The van der Waals surface area contributed by atoms with E-state index in [2.05, 4.69) is 0 Å². The van der Waals surface area contributed by atoms with Gasteiger partial charge in [-0.3, -0.25) is 0 Å². The van der Waals surface area contributed by atoms with Crippen molar-refractivity contribution in [1.29, 1.82) is 0 Å². The molecule has 0 amide bonds. The Kier molecular flexibility index (Phi) is 2.49. The van der Waals surface area contributed by atoms with Gasteiger partial charge in [0.1, 0.15) is 11.6 Å². The highest BCUT2D eigenvalue weighted by atomic mass is 19.1. The van der Waals surface area contributed by atoms with Crippen molar-refractivity contribution in [2.75, 3.05) is 7.11 Å². The smallest absolute Gasteiger partial charge is 0.308 e. The average Bonchev–Trinajstić information content (AvgIpc) is 2.04. The largest absolute Gasteiger partial charge is 0.497 e. The quantitative estimate of drug-likeness (QED) is 0.598. The fraction of sp³-hybridized carbons (Fsp3) is 0.143. The minimum atomic E-state index is -0.366. The van der Waals surface area contributed by atoms with E-state index in [1.54, 1.807) is 0 Å². The molecular formula is C7H8BFO2. The fourth-order valence-corrected chi connectivity index (χ4v) is 0.871. The van der Waals surface area contributed by atoms with Gasteiger partial charge in [0.15, 0.2) is 0 Å². The Bertz CT molecular complexity index is 252. The third-order valence-electron chi connectivity index (χ3n) is 1.41. The van der Waals surface area contributed by atoms with Crippen LogP contribution in [-0.4, -0.2) is 19.6 Å². The van der Waals surface area contributed by atoms with Gasteiger partial charge in [0.25, 0.3) is 0 Å². The Labute approximate surface area is 64.9 Å². The maximum atomic E-state index is 12.5. The SMILES string of the molecule is COc1ccc(F)cc1BO. The summed E-state index contributed by atoms with van der Waals surface area (Å²) in [6.45, 7) is 0. The third kappa shape index (κ3) is 1.71. The van der Waals surface area contributed by atoms with Gasteiger partial charge in [-0.25, -0.2) is 4.39 Å². The second-order valence-electron chi connectivity index (χ2n) is 2.11. The van der Waals surface area contributed by atoms with Crippen molar-refractivity contribution in [3.63, 3.8) is 0 Å². The average molecular weight is 154 g/mol. The molecule has 1 aromatic rings. The lowest BCUT2D eigenvalue weighted by Gasteiger charge is -2.03. The van der Waals surface area contributed by atoms with Gasteiger partial charge in [0.2, 0.25) is 0 Å². The molecule has 0 aliphatic heterocycles. The number of ether oxygens (including phenoxy) is 1. The molecule has 58 valence electrons. The molecule has 0 bridgehead atoms. The van der Waals surface area contributed by atoms with E-state index >= 15 is 0 Å². The van der Waals surface area contributed by atoms with Gasteiger partial charge >= 0.3 is 7.48 Å². The van der Waals surface area contributed by atoms with E-state index < -0.39 is 0 Å². The molecule has 0 unspecified atom stereocenters. The first-order chi connectivity index (χ1) is 5.27. The van der Waals surface area contributed by atoms with Crippen LogP contribution in [0, 0.1) is 5.82 Å². The summed E-state index contributed by atoms with van der Waals surface area (Å²) in [6, 6.07) is 4.03. The van der Waals surface area contributed by atoms with Crippen LogP contribution in [-0.2, 0) is 0 Å². The second-order valence-corrected chi connectivity index (χ2v) is 2.11. The number of halogens is 1. The van der Waals surface area contributed by atoms with Crippen molar-refractivity contribution in [2.24, 2.45) is 0 Å². The number of benzene rings is 1. The normalized spacial score (nSPS) is 9.36. The van der Waals surface area contributed by atoms with Crippen LogP contribution in [0.1, 0.15) is 0 Å². The van der Waals surface area contributed by atoms with Gasteiger partial charge in [0.05, 0.1) is 7.11 Å². The van der Waals surface area contributed by atoms with Gasteiger partial charge in [-0.1, -0.05) is 0 Å². The lowest BCUT2D eigenvalue weighted by Crippen LogP contribution is -2.16. The van der Waals surface area contributed by atoms with Crippen molar-refractivity contribution in [1.82, 2.24) is 0 Å². The van der Waals surface area contributed by atoms with Gasteiger partial charge < -0.3 is 9.76 Å². The Morgan fingerprint density at radius 1 is 1.55 bits per heavy atom. The van der Waals surface area contributed by atoms with Crippen molar-refractivity contribution < 1.29 is 14.2 Å². The molecule has 0 aliphatic carbocycles. The van der Waals surface area contributed by atoms with Gasteiger partial charge in [0, 0.05) is 0 Å². The van der Waals surface area contributed by atoms with Gasteiger partial charge in [-0.05, 0) is 23.7 Å². The Balaban J connectivity index is 3.06. The van der Waals surface area contributed by atoms with Crippen LogP contribution in [0.3, 0.4) is 0 Å². The summed E-state index contributed by atoms with van der Waals surface area (Å²) in [4.78, 5) is 0. The molecular weight excluding hydrogens is 146 g/mol. The van der Waals surface area contributed by atoms with Crippen LogP contribution in [0.2, 0.25) is 0 Å². The Hall–Kier alpha value is -1.03. The molecule has 0 radical (unpaired) electrons. The molecule has 11 heavy (non-hydrogen) atoms. The summed E-state index contributed by atoms with van der Waals surface area (Å²) in [7, 11) is 1.27. The first-order valence-corrected chi connectivity index (χ1v) is 3.21. The number of hydrogen-bond donors (Lipinski definition) is 1. The molecule has 4 heteroatoms. The van der Waals surface area contributed by atoms with Crippen molar-refractivity contribution in [3.05, 3.63) is 24.0 Å². The molecule has 0 saturated heterocycles. The topological polar surface area (TPSA) is 29.5 Å². The van der Waals surface area contributed by atoms with Crippen molar-refractivity contribution in [2.45, 2.75) is 0 Å². The van der Waals surface area contributed by atoms with Crippen LogP contribution in [0.15, 0.2) is 18.2 Å². The summed E-state index contributed by atoms with van der Waals surface area (Å²) in [6.07, 6.45) is 0. The molecule has 1 N–H and O–H groups in total. The Morgan fingerprint density at radius 2 is 2.27 bits per heavy atom. The lowest BCUT2D eigenvalue weighted by molar-refractivity contribution is 0.416. The molecule has 0 atom stereocenters. The maximum Gasteiger partial charge on any atom is 0.308 e. The highest BCUT2D eigenvalue weighted by Crippen LogP contribution is 2.06. The van der Waals surface area contributed by atoms with E-state index in [0.717, 1.165) is 0 Å². The molecule has 0 saturated carbocycles. The second kappa shape index (κ2) is 3.39. The zero-order chi connectivity index (χ0) is 8.27. The van der Waals surface area contributed by atoms with Gasteiger partial charge in [-0.15, -0.1) is 0 Å². The van der Waals surface area contributed by atoms with Crippen molar-refractivity contribution >= 4 is 12.9 Å². The maximum absolute atomic E-state index is 12.5. The van der Waals surface area contributed by atoms with E-state index in [9.17, 15) is 4.39 Å². The zero-order valence-electron chi connectivity index (χ0n) is 6.17. The number of rotatable bonds is 2. The minimum absolute atomic E-state index is 0.207. The van der Waals surface area contributed by atoms with E-state index in [1.807, 2.05) is 0 Å². The van der Waals surface area contributed by atoms with Crippen LogP contribution < -0.4 is 10.2 Å². The van der Waals surface area contributed by atoms with Crippen LogP contribution in [0.5, 0.6) is 5.75 Å². The molecule has 0 aromatic heterocycles. The fourth-order valence-electron chi connectivity index (χ4n) is 0.871. The van der Waals surface area contributed by atoms with E-state index in [0.29, 0.717) is 11.2 Å². The number of methoxy groups -OCH3 is 1. The minimum Gasteiger partial charge on any atom is -0.497 e. The molecule has 0 aliphatic rings. The Morgan fingerprint density at radius 3 is 2.82 bits per heavy atom. The predicted octanol–water partition coefficient (Wildman–Crippen LogP) is -0.197. The van der Waals surface area contributed by atoms with Crippen molar-refractivity contribution in [3.8, 4) is 5.75 Å². The van der Waals surface area contributed by atoms with E-state index in [4.69, 9.17) is 9.76 Å². The summed E-state index contributed by atoms with van der Waals surface area (Å²) in [5.41, 5.74) is 0.465. The number of hydrogen-bond acceptors (Lipinski definition) is 2. The zero-order valence-corrected chi connectivity index (χ0v) is 6.17. The molecule has 2 nitrogen and oxygen atoms in total. The first-order valence-electron chi connectivity index (χ1n) is 3.21. The molecule has 0 spiro atoms. The van der Waals surface area contributed by atoms with E-state index in [1.165, 1.54) is 25.3 Å². The summed E-state index contributed by atoms with van der Waals surface area (Å²) >= 11 is 0. The molecule has 0 fully saturated rings. The summed E-state index contributed by atoms with van der Waals surface area (Å²) in [5.74, 6) is 0.142. The summed E-state index contributed by atoms with van der Waals surface area (Å²) < 4.78 is 17.4. The van der Waals surface area contributed by atoms with Crippen LogP contribution in [0.25, 0.3) is 0 Å².